The summed E-state index contributed by atoms with van der Waals surface area (Å²) < 4.78 is 1.98. The molecule has 1 aliphatic carbocycles. The van der Waals surface area contributed by atoms with Gasteiger partial charge in [-0.25, -0.2) is 4.68 Å². The number of amides is 1. The van der Waals surface area contributed by atoms with Gasteiger partial charge in [-0.2, -0.15) is 5.10 Å². The molecule has 1 saturated heterocycles. The third-order valence-corrected chi connectivity index (χ3v) is 6.46. The molecule has 1 fully saturated rings. The lowest BCUT2D eigenvalue weighted by molar-refractivity contribution is 0.0902. The van der Waals surface area contributed by atoms with E-state index in [2.05, 4.69) is 52.5 Å². The van der Waals surface area contributed by atoms with E-state index in [-0.39, 0.29) is 11.9 Å². The van der Waals surface area contributed by atoms with E-state index in [1.54, 1.807) is 0 Å². The second kappa shape index (κ2) is 8.63. The van der Waals surface area contributed by atoms with E-state index in [1.165, 1.54) is 11.3 Å². The van der Waals surface area contributed by atoms with E-state index >= 15 is 0 Å². The number of likely N-dealkylation sites (tertiary alicyclic amines) is 1. The first-order valence-corrected chi connectivity index (χ1v) is 11.3. The van der Waals surface area contributed by atoms with Gasteiger partial charge in [0.25, 0.3) is 5.91 Å². The van der Waals surface area contributed by atoms with Crippen molar-refractivity contribution in [1.29, 1.82) is 0 Å². The second-order valence-corrected chi connectivity index (χ2v) is 8.72. The summed E-state index contributed by atoms with van der Waals surface area (Å²) in [6.45, 7) is 4.89. The summed E-state index contributed by atoms with van der Waals surface area (Å²) in [4.78, 5) is 20.0. The Morgan fingerprint density at radius 2 is 1.90 bits per heavy atom. The first-order chi connectivity index (χ1) is 15.2. The molecule has 5 rings (SSSR count). The maximum Gasteiger partial charge on any atom is 0.272 e. The van der Waals surface area contributed by atoms with Crippen molar-refractivity contribution in [2.45, 2.75) is 51.6 Å². The number of carbonyl (C=O) groups is 1. The van der Waals surface area contributed by atoms with Gasteiger partial charge < -0.3 is 5.32 Å². The van der Waals surface area contributed by atoms with Crippen LogP contribution in [0.3, 0.4) is 0 Å². The molecule has 0 unspecified atom stereocenters. The highest BCUT2D eigenvalue weighted by molar-refractivity contribution is 5.94. The average molecular weight is 416 g/mol. The minimum atomic E-state index is -0.0211. The van der Waals surface area contributed by atoms with Gasteiger partial charge in [-0.1, -0.05) is 23.8 Å². The average Bonchev–Trinajstić information content (AvgIpc) is 3.39. The van der Waals surface area contributed by atoms with Crippen molar-refractivity contribution >= 4 is 5.91 Å². The zero-order chi connectivity index (χ0) is 21.2. The molecule has 1 aromatic carbocycles. The van der Waals surface area contributed by atoms with Gasteiger partial charge in [0.1, 0.15) is 0 Å². The van der Waals surface area contributed by atoms with E-state index in [0.717, 1.165) is 68.7 Å². The molecule has 0 spiro atoms. The summed E-state index contributed by atoms with van der Waals surface area (Å²) >= 11 is 0. The number of fused-ring (bicyclic) bond motifs is 1. The lowest BCUT2D eigenvalue weighted by Crippen LogP contribution is -2.44. The molecule has 31 heavy (non-hydrogen) atoms. The molecule has 0 atom stereocenters. The van der Waals surface area contributed by atoms with E-state index in [1.807, 2.05) is 23.0 Å². The summed E-state index contributed by atoms with van der Waals surface area (Å²) in [7, 11) is 0. The SMILES string of the molecule is Cc1ccc(-n2nc(C(=O)NC3CCN(Cc4ccccn4)CC3)c3c2CCC3)cc1. The van der Waals surface area contributed by atoms with Gasteiger partial charge in [0, 0.05) is 43.1 Å². The fourth-order valence-electron chi connectivity index (χ4n) is 4.73. The second-order valence-electron chi connectivity index (χ2n) is 8.72. The van der Waals surface area contributed by atoms with Gasteiger partial charge in [-0.05, 0) is 63.3 Å². The molecule has 6 nitrogen and oxygen atoms in total. The van der Waals surface area contributed by atoms with Crippen LogP contribution in [0.4, 0.5) is 0 Å². The summed E-state index contributed by atoms with van der Waals surface area (Å²) in [5, 5.41) is 8.02. The fraction of sp³-hybridized carbons (Fsp3) is 0.400. The molecule has 1 aliphatic heterocycles. The topological polar surface area (TPSA) is 63.1 Å². The number of benzene rings is 1. The summed E-state index contributed by atoms with van der Waals surface area (Å²) in [5.74, 6) is -0.0211. The molecule has 2 aromatic heterocycles. The van der Waals surface area contributed by atoms with Crippen LogP contribution in [0.25, 0.3) is 5.69 Å². The van der Waals surface area contributed by atoms with Crippen LogP contribution < -0.4 is 5.32 Å². The van der Waals surface area contributed by atoms with Crippen molar-refractivity contribution in [3.63, 3.8) is 0 Å². The van der Waals surface area contributed by atoms with Crippen LogP contribution in [-0.4, -0.2) is 44.7 Å². The van der Waals surface area contributed by atoms with Gasteiger partial charge in [-0.3, -0.25) is 14.7 Å². The molecule has 0 saturated carbocycles. The molecule has 3 heterocycles. The molecule has 2 aliphatic rings. The van der Waals surface area contributed by atoms with Gasteiger partial charge in [0.05, 0.1) is 11.4 Å². The Bertz CT molecular complexity index is 1050. The van der Waals surface area contributed by atoms with Crippen LogP contribution in [0.15, 0.2) is 48.7 Å². The lowest BCUT2D eigenvalue weighted by Gasteiger charge is -2.32. The molecule has 1 N–H and O–H groups in total. The number of hydrogen-bond acceptors (Lipinski definition) is 4. The number of aromatic nitrogens is 3. The number of nitrogens with one attached hydrogen (secondary N) is 1. The Balaban J connectivity index is 1.24. The molecule has 0 bridgehead atoms. The molecule has 3 aromatic rings. The summed E-state index contributed by atoms with van der Waals surface area (Å²) in [6, 6.07) is 14.6. The number of aryl methyl sites for hydroxylation is 1. The molecule has 160 valence electrons. The van der Waals surface area contributed by atoms with Crippen LogP contribution in [0.2, 0.25) is 0 Å². The van der Waals surface area contributed by atoms with E-state index in [4.69, 9.17) is 5.10 Å². The van der Waals surface area contributed by atoms with E-state index < -0.39 is 0 Å². The fourth-order valence-corrected chi connectivity index (χ4v) is 4.73. The van der Waals surface area contributed by atoms with Crippen molar-refractivity contribution in [3.05, 3.63) is 76.9 Å². The Hall–Kier alpha value is -2.99. The highest BCUT2D eigenvalue weighted by Gasteiger charge is 2.29. The van der Waals surface area contributed by atoms with Gasteiger partial charge in [-0.15, -0.1) is 0 Å². The molecule has 0 radical (unpaired) electrons. The quantitative estimate of drug-likeness (QED) is 0.693. The normalized spacial score (nSPS) is 16.9. The number of pyridine rings is 1. The molecule has 6 heteroatoms. The number of rotatable bonds is 5. The third-order valence-electron chi connectivity index (χ3n) is 6.46. The standard InChI is InChI=1S/C25H29N5O/c1-18-8-10-21(11-9-18)30-23-7-4-6-22(23)24(28-30)25(31)27-19-12-15-29(16-13-19)17-20-5-2-3-14-26-20/h2-3,5,8-11,14,19H,4,6-7,12-13,15-17H2,1H3,(H,27,31). The molecular formula is C25H29N5O. The van der Waals surface area contributed by atoms with E-state index in [0.29, 0.717) is 5.69 Å². The van der Waals surface area contributed by atoms with Crippen LogP contribution >= 0.6 is 0 Å². The van der Waals surface area contributed by atoms with Crippen LogP contribution in [0, 0.1) is 6.92 Å². The largest absolute Gasteiger partial charge is 0.348 e. The van der Waals surface area contributed by atoms with Crippen molar-refractivity contribution in [3.8, 4) is 5.69 Å². The highest BCUT2D eigenvalue weighted by atomic mass is 16.2. The molecule has 1 amide bonds. The minimum Gasteiger partial charge on any atom is -0.348 e. The monoisotopic (exact) mass is 415 g/mol. The minimum absolute atomic E-state index is 0.0211. The number of nitrogens with zero attached hydrogens (tertiary/aromatic N) is 4. The first kappa shape index (κ1) is 19.9. The molecular weight excluding hydrogens is 386 g/mol. The zero-order valence-electron chi connectivity index (χ0n) is 18.1. The van der Waals surface area contributed by atoms with Gasteiger partial charge in [0.2, 0.25) is 0 Å². The van der Waals surface area contributed by atoms with E-state index in [9.17, 15) is 4.79 Å². The van der Waals surface area contributed by atoms with Crippen LogP contribution in [0.1, 0.15) is 52.3 Å². The van der Waals surface area contributed by atoms with Crippen molar-refractivity contribution < 1.29 is 4.79 Å². The summed E-state index contributed by atoms with van der Waals surface area (Å²) in [6.07, 6.45) is 6.77. The van der Waals surface area contributed by atoms with Crippen LogP contribution in [-0.2, 0) is 19.4 Å². The Morgan fingerprint density at radius 3 is 2.65 bits per heavy atom. The summed E-state index contributed by atoms with van der Waals surface area (Å²) in [5.41, 5.74) is 6.29. The smallest absolute Gasteiger partial charge is 0.272 e. The lowest BCUT2D eigenvalue weighted by atomic mass is 10.0. The van der Waals surface area contributed by atoms with Gasteiger partial charge in [0.15, 0.2) is 5.69 Å². The van der Waals surface area contributed by atoms with Crippen LogP contribution in [0.5, 0.6) is 0 Å². The zero-order valence-corrected chi connectivity index (χ0v) is 18.1. The van der Waals surface area contributed by atoms with Gasteiger partial charge >= 0.3 is 0 Å². The Kier molecular flexibility index (Phi) is 5.55. The predicted octanol–water partition coefficient (Wildman–Crippen LogP) is 3.46. The highest BCUT2D eigenvalue weighted by Crippen LogP contribution is 2.28. The van der Waals surface area contributed by atoms with Crippen molar-refractivity contribution in [2.75, 3.05) is 13.1 Å². The third kappa shape index (κ3) is 4.26. The number of carbonyl (C=O) groups excluding carboxylic acids is 1. The Labute approximate surface area is 183 Å². The maximum absolute atomic E-state index is 13.1. The first-order valence-electron chi connectivity index (χ1n) is 11.3. The predicted molar refractivity (Wildman–Crippen MR) is 120 cm³/mol. The number of piperidine rings is 1. The maximum atomic E-state index is 13.1. The number of hydrogen-bond donors (Lipinski definition) is 1. The van der Waals surface area contributed by atoms with Crippen molar-refractivity contribution in [2.24, 2.45) is 0 Å². The van der Waals surface area contributed by atoms with Crippen molar-refractivity contribution in [1.82, 2.24) is 25.0 Å². The Morgan fingerprint density at radius 1 is 1.10 bits per heavy atom.